The van der Waals surface area contributed by atoms with Gasteiger partial charge in [-0.2, -0.15) is 0 Å². The highest BCUT2D eigenvalue weighted by Crippen LogP contribution is 2.27. The van der Waals surface area contributed by atoms with Gasteiger partial charge >= 0.3 is 5.97 Å². The standard InChI is InChI=1S/C13H14N2O3S/c1-17-9-3-4-11-10(7-9)13(15-8-14-11)19-6-5-12(16)18-2/h3-4,7-8H,5-6H2,1-2H3. The van der Waals surface area contributed by atoms with Crippen molar-refractivity contribution in [2.24, 2.45) is 0 Å². The lowest BCUT2D eigenvalue weighted by atomic mass is 10.2. The lowest BCUT2D eigenvalue weighted by molar-refractivity contribution is -0.140. The quantitative estimate of drug-likeness (QED) is 0.475. The molecule has 19 heavy (non-hydrogen) atoms. The van der Waals surface area contributed by atoms with Gasteiger partial charge in [-0.1, -0.05) is 0 Å². The molecule has 5 nitrogen and oxygen atoms in total. The van der Waals surface area contributed by atoms with Gasteiger partial charge in [0.2, 0.25) is 0 Å². The second kappa shape index (κ2) is 6.38. The summed E-state index contributed by atoms with van der Waals surface area (Å²) in [6, 6.07) is 5.65. The molecule has 0 saturated heterocycles. The van der Waals surface area contributed by atoms with E-state index < -0.39 is 0 Å². The summed E-state index contributed by atoms with van der Waals surface area (Å²) in [5.74, 6) is 1.16. The first kappa shape index (κ1) is 13.6. The molecule has 0 spiro atoms. The maximum absolute atomic E-state index is 11.1. The zero-order valence-electron chi connectivity index (χ0n) is 10.8. The molecule has 6 heteroatoms. The van der Waals surface area contributed by atoms with Crippen molar-refractivity contribution in [1.29, 1.82) is 0 Å². The topological polar surface area (TPSA) is 61.3 Å². The van der Waals surface area contributed by atoms with Crippen molar-refractivity contribution in [3.05, 3.63) is 24.5 Å². The summed E-state index contributed by atoms with van der Waals surface area (Å²) in [4.78, 5) is 19.5. The molecule has 0 aliphatic carbocycles. The van der Waals surface area contributed by atoms with Crippen LogP contribution in [-0.4, -0.2) is 35.9 Å². The minimum atomic E-state index is -0.219. The van der Waals surface area contributed by atoms with Crippen LogP contribution in [0, 0.1) is 0 Å². The number of ether oxygens (including phenoxy) is 2. The summed E-state index contributed by atoms with van der Waals surface area (Å²) in [6.45, 7) is 0. The number of benzene rings is 1. The molecular formula is C13H14N2O3S. The van der Waals surface area contributed by atoms with Crippen molar-refractivity contribution < 1.29 is 14.3 Å². The predicted molar refractivity (Wildman–Crippen MR) is 73.4 cm³/mol. The average molecular weight is 278 g/mol. The van der Waals surface area contributed by atoms with E-state index in [1.807, 2.05) is 18.2 Å². The van der Waals surface area contributed by atoms with Gasteiger partial charge in [0.05, 0.1) is 26.2 Å². The number of hydrogen-bond acceptors (Lipinski definition) is 6. The maximum Gasteiger partial charge on any atom is 0.306 e. The molecular weight excluding hydrogens is 264 g/mol. The number of hydrogen-bond donors (Lipinski definition) is 0. The summed E-state index contributed by atoms with van der Waals surface area (Å²) < 4.78 is 9.81. The summed E-state index contributed by atoms with van der Waals surface area (Å²) >= 11 is 1.51. The van der Waals surface area contributed by atoms with Crippen molar-refractivity contribution in [3.63, 3.8) is 0 Å². The van der Waals surface area contributed by atoms with Crippen LogP contribution in [0.25, 0.3) is 10.9 Å². The molecule has 0 radical (unpaired) electrons. The van der Waals surface area contributed by atoms with Gasteiger partial charge < -0.3 is 9.47 Å². The van der Waals surface area contributed by atoms with Crippen LogP contribution in [0.15, 0.2) is 29.6 Å². The van der Waals surface area contributed by atoms with Crippen molar-refractivity contribution in [3.8, 4) is 5.75 Å². The van der Waals surface area contributed by atoms with E-state index in [0.29, 0.717) is 12.2 Å². The van der Waals surface area contributed by atoms with E-state index in [1.54, 1.807) is 7.11 Å². The molecule has 1 heterocycles. The summed E-state index contributed by atoms with van der Waals surface area (Å²) in [5, 5.41) is 1.77. The summed E-state index contributed by atoms with van der Waals surface area (Å²) in [5.41, 5.74) is 0.858. The fourth-order valence-corrected chi connectivity index (χ4v) is 2.49. The van der Waals surface area contributed by atoms with Crippen LogP contribution in [0.2, 0.25) is 0 Å². The van der Waals surface area contributed by atoms with Gasteiger partial charge in [0.15, 0.2) is 0 Å². The monoisotopic (exact) mass is 278 g/mol. The van der Waals surface area contributed by atoms with E-state index >= 15 is 0 Å². The fourth-order valence-electron chi connectivity index (χ4n) is 1.59. The van der Waals surface area contributed by atoms with E-state index in [2.05, 4.69) is 14.7 Å². The number of methoxy groups -OCH3 is 2. The summed E-state index contributed by atoms with van der Waals surface area (Å²) in [6.07, 6.45) is 1.88. The Morgan fingerprint density at radius 1 is 1.32 bits per heavy atom. The van der Waals surface area contributed by atoms with E-state index in [1.165, 1.54) is 25.2 Å². The number of aromatic nitrogens is 2. The Balaban J connectivity index is 2.19. The molecule has 0 fully saturated rings. The zero-order chi connectivity index (χ0) is 13.7. The van der Waals surface area contributed by atoms with Gasteiger partial charge in [0, 0.05) is 11.1 Å². The van der Waals surface area contributed by atoms with Crippen LogP contribution in [0.5, 0.6) is 5.75 Å². The Morgan fingerprint density at radius 3 is 2.89 bits per heavy atom. The molecule has 0 unspecified atom stereocenters. The normalized spacial score (nSPS) is 10.4. The third-order valence-corrected chi connectivity index (χ3v) is 3.59. The highest BCUT2D eigenvalue weighted by Gasteiger charge is 2.07. The smallest absolute Gasteiger partial charge is 0.306 e. The molecule has 1 aromatic heterocycles. The first-order valence-electron chi connectivity index (χ1n) is 5.73. The minimum absolute atomic E-state index is 0.219. The highest BCUT2D eigenvalue weighted by atomic mass is 32.2. The number of rotatable bonds is 5. The molecule has 2 rings (SSSR count). The molecule has 0 aliphatic rings. The Kier molecular flexibility index (Phi) is 4.57. The molecule has 0 saturated carbocycles. The lowest BCUT2D eigenvalue weighted by Gasteiger charge is -2.06. The van der Waals surface area contributed by atoms with Gasteiger partial charge in [0.25, 0.3) is 0 Å². The number of esters is 1. The van der Waals surface area contributed by atoms with Gasteiger partial charge in [-0.3, -0.25) is 4.79 Å². The fraction of sp³-hybridized carbons (Fsp3) is 0.308. The van der Waals surface area contributed by atoms with Crippen LogP contribution >= 0.6 is 11.8 Å². The number of carbonyl (C=O) groups is 1. The van der Waals surface area contributed by atoms with Gasteiger partial charge in [-0.15, -0.1) is 11.8 Å². The van der Waals surface area contributed by atoms with Gasteiger partial charge in [-0.05, 0) is 18.2 Å². The Morgan fingerprint density at radius 2 is 2.16 bits per heavy atom. The van der Waals surface area contributed by atoms with E-state index in [9.17, 15) is 4.79 Å². The molecule has 0 bridgehead atoms. The Hall–Kier alpha value is -1.82. The maximum atomic E-state index is 11.1. The zero-order valence-corrected chi connectivity index (χ0v) is 11.6. The largest absolute Gasteiger partial charge is 0.497 e. The van der Waals surface area contributed by atoms with E-state index in [0.717, 1.165) is 21.7 Å². The number of fused-ring (bicyclic) bond motifs is 1. The SMILES string of the molecule is COC(=O)CCSc1ncnc2ccc(OC)cc12. The Labute approximate surface area is 115 Å². The highest BCUT2D eigenvalue weighted by molar-refractivity contribution is 7.99. The number of thioether (sulfide) groups is 1. The molecule has 0 amide bonds. The summed E-state index contributed by atoms with van der Waals surface area (Å²) in [7, 11) is 3.01. The molecule has 0 aliphatic heterocycles. The molecule has 0 atom stereocenters. The van der Waals surface area contributed by atoms with Crippen LogP contribution in [0.4, 0.5) is 0 Å². The lowest BCUT2D eigenvalue weighted by Crippen LogP contribution is -2.01. The minimum Gasteiger partial charge on any atom is -0.497 e. The van der Waals surface area contributed by atoms with Crippen LogP contribution < -0.4 is 4.74 Å². The third kappa shape index (κ3) is 3.35. The van der Waals surface area contributed by atoms with Crippen LogP contribution in [0.1, 0.15) is 6.42 Å². The predicted octanol–water partition coefficient (Wildman–Crippen LogP) is 2.29. The van der Waals surface area contributed by atoms with E-state index in [-0.39, 0.29) is 5.97 Å². The van der Waals surface area contributed by atoms with Crippen molar-refractivity contribution in [2.75, 3.05) is 20.0 Å². The van der Waals surface area contributed by atoms with Gasteiger partial charge in [-0.25, -0.2) is 9.97 Å². The average Bonchev–Trinajstić information content (AvgIpc) is 2.46. The second-order valence-electron chi connectivity index (χ2n) is 3.74. The molecule has 100 valence electrons. The van der Waals surface area contributed by atoms with Crippen molar-refractivity contribution in [2.45, 2.75) is 11.4 Å². The first-order valence-corrected chi connectivity index (χ1v) is 6.71. The third-order valence-electron chi connectivity index (χ3n) is 2.58. The second-order valence-corrected chi connectivity index (χ2v) is 4.82. The van der Waals surface area contributed by atoms with Crippen LogP contribution in [0.3, 0.4) is 0 Å². The van der Waals surface area contributed by atoms with Crippen molar-refractivity contribution in [1.82, 2.24) is 9.97 Å². The number of carbonyl (C=O) groups excluding carboxylic acids is 1. The molecule has 2 aromatic rings. The van der Waals surface area contributed by atoms with E-state index in [4.69, 9.17) is 4.74 Å². The van der Waals surface area contributed by atoms with Gasteiger partial charge in [0.1, 0.15) is 17.1 Å². The first-order chi connectivity index (χ1) is 9.24. The van der Waals surface area contributed by atoms with Crippen molar-refractivity contribution >= 4 is 28.6 Å². The molecule has 0 N–H and O–H groups in total. The number of nitrogens with zero attached hydrogens (tertiary/aromatic N) is 2. The Bertz CT molecular complexity index is 589. The van der Waals surface area contributed by atoms with Crippen LogP contribution in [-0.2, 0) is 9.53 Å². The molecule has 1 aromatic carbocycles.